The molecule has 0 aromatic carbocycles. The van der Waals surface area contributed by atoms with Gasteiger partial charge in [-0.3, -0.25) is 14.8 Å². The van der Waals surface area contributed by atoms with Crippen molar-refractivity contribution in [2.24, 2.45) is 0 Å². The molecule has 2 atom stereocenters. The summed E-state index contributed by atoms with van der Waals surface area (Å²) < 4.78 is 24.7. The number of fused-ring (bicyclic) bond motifs is 1. The summed E-state index contributed by atoms with van der Waals surface area (Å²) in [5.41, 5.74) is 2.06. The first-order valence-corrected chi connectivity index (χ1v) is 11.8. The van der Waals surface area contributed by atoms with Crippen molar-refractivity contribution in [3.05, 3.63) is 46.2 Å². The molecule has 26 heavy (non-hydrogen) atoms. The molecule has 0 bridgehead atoms. The maximum Gasteiger partial charge on any atom is 0.153 e. The molecule has 0 amide bonds. The highest BCUT2D eigenvalue weighted by Gasteiger charge is 2.46. The summed E-state index contributed by atoms with van der Waals surface area (Å²) in [5.74, 6) is 0.499. The van der Waals surface area contributed by atoms with Crippen molar-refractivity contribution in [1.82, 2.24) is 19.8 Å². The van der Waals surface area contributed by atoms with Crippen LogP contribution in [0.25, 0.3) is 0 Å². The number of nitrogens with zero attached hydrogens (tertiary/aromatic N) is 4. The molecule has 0 radical (unpaired) electrons. The number of hydrogen-bond acceptors (Lipinski definition) is 7. The molecule has 140 valence electrons. The van der Waals surface area contributed by atoms with Gasteiger partial charge in [-0.2, -0.15) is 0 Å². The third kappa shape index (κ3) is 3.83. The lowest BCUT2D eigenvalue weighted by atomic mass is 10.0. The number of rotatable bonds is 5. The van der Waals surface area contributed by atoms with Crippen molar-refractivity contribution >= 4 is 21.2 Å². The van der Waals surface area contributed by atoms with E-state index in [1.807, 2.05) is 18.2 Å². The first kappa shape index (κ1) is 18.0. The highest BCUT2D eigenvalue weighted by atomic mass is 32.2. The highest BCUT2D eigenvalue weighted by Crippen LogP contribution is 2.29. The fourth-order valence-corrected chi connectivity index (χ4v) is 6.76. The summed E-state index contributed by atoms with van der Waals surface area (Å²) in [6, 6.07) is 5.98. The van der Waals surface area contributed by atoms with E-state index in [0.29, 0.717) is 6.54 Å². The van der Waals surface area contributed by atoms with Gasteiger partial charge in [-0.25, -0.2) is 13.4 Å². The number of aromatic nitrogens is 2. The molecule has 0 N–H and O–H groups in total. The molecule has 4 heterocycles. The second-order valence-corrected chi connectivity index (χ2v) is 10.2. The Hall–Kier alpha value is -1.35. The Morgan fingerprint density at radius 1 is 1.12 bits per heavy atom. The van der Waals surface area contributed by atoms with E-state index >= 15 is 0 Å². The van der Waals surface area contributed by atoms with Crippen LogP contribution < -0.4 is 0 Å². The predicted molar refractivity (Wildman–Crippen MR) is 103 cm³/mol. The summed E-state index contributed by atoms with van der Waals surface area (Å²) in [5, 5.41) is 3.25. The molecular formula is C18H24N4O2S2. The van der Waals surface area contributed by atoms with Crippen molar-refractivity contribution in [3.63, 3.8) is 0 Å². The molecule has 6 nitrogen and oxygen atoms in total. The summed E-state index contributed by atoms with van der Waals surface area (Å²) in [6.07, 6.45) is 2.74. The summed E-state index contributed by atoms with van der Waals surface area (Å²) in [4.78, 5) is 13.7. The largest absolute Gasteiger partial charge is 0.291 e. The standard InChI is InChI=1S/C18H24N4O2S2/c1-2-18-20-15(11-25-18)10-22-8-7-21(9-14-5-3-4-6-19-14)16-12-26(23,24)13-17(16)22/h3-6,11,16-17H,2,7-10,12-13H2,1H3. The Bertz CT molecular complexity index is 853. The van der Waals surface area contributed by atoms with E-state index < -0.39 is 9.84 Å². The lowest BCUT2D eigenvalue weighted by Crippen LogP contribution is -2.58. The molecule has 2 aromatic heterocycles. The number of hydrogen-bond donors (Lipinski definition) is 0. The van der Waals surface area contributed by atoms with Crippen LogP contribution in [0.4, 0.5) is 0 Å². The van der Waals surface area contributed by atoms with Gasteiger partial charge >= 0.3 is 0 Å². The first-order valence-electron chi connectivity index (χ1n) is 9.06. The molecule has 0 spiro atoms. The third-order valence-electron chi connectivity index (χ3n) is 5.26. The molecule has 0 saturated carbocycles. The van der Waals surface area contributed by atoms with E-state index in [1.54, 1.807) is 17.5 Å². The van der Waals surface area contributed by atoms with Crippen LogP contribution in [-0.4, -0.2) is 64.9 Å². The third-order valence-corrected chi connectivity index (χ3v) is 8.00. The van der Waals surface area contributed by atoms with E-state index in [1.165, 1.54) is 0 Å². The van der Waals surface area contributed by atoms with Gasteiger partial charge in [0.1, 0.15) is 0 Å². The molecule has 4 rings (SSSR count). The van der Waals surface area contributed by atoms with Crippen LogP contribution in [0, 0.1) is 0 Å². The molecule has 2 aliphatic heterocycles. The van der Waals surface area contributed by atoms with Crippen LogP contribution in [0.5, 0.6) is 0 Å². The van der Waals surface area contributed by atoms with Crippen LogP contribution in [0.3, 0.4) is 0 Å². The van der Waals surface area contributed by atoms with Crippen LogP contribution in [0.2, 0.25) is 0 Å². The molecule has 2 saturated heterocycles. The predicted octanol–water partition coefficient (Wildman–Crippen LogP) is 1.58. The first-order chi connectivity index (χ1) is 12.5. The quantitative estimate of drug-likeness (QED) is 0.770. The normalized spacial score (nSPS) is 26.0. The molecule has 2 aromatic rings. The number of pyridine rings is 1. The van der Waals surface area contributed by atoms with E-state index in [2.05, 4.69) is 32.1 Å². The van der Waals surface area contributed by atoms with Gasteiger partial charge in [-0.05, 0) is 18.6 Å². The zero-order valence-corrected chi connectivity index (χ0v) is 16.5. The minimum absolute atomic E-state index is 0.0417. The highest BCUT2D eigenvalue weighted by molar-refractivity contribution is 7.91. The second kappa shape index (κ2) is 7.34. The monoisotopic (exact) mass is 392 g/mol. The molecule has 2 aliphatic rings. The lowest BCUT2D eigenvalue weighted by Gasteiger charge is -2.43. The van der Waals surface area contributed by atoms with E-state index in [4.69, 9.17) is 0 Å². The second-order valence-electron chi connectivity index (χ2n) is 7.06. The van der Waals surface area contributed by atoms with Crippen molar-refractivity contribution in [2.45, 2.75) is 38.5 Å². The molecule has 0 aliphatic carbocycles. The smallest absolute Gasteiger partial charge is 0.153 e. The minimum Gasteiger partial charge on any atom is -0.291 e. The van der Waals surface area contributed by atoms with Crippen LogP contribution in [0.15, 0.2) is 29.8 Å². The summed E-state index contributed by atoms with van der Waals surface area (Å²) in [7, 11) is -3.00. The van der Waals surface area contributed by atoms with Crippen molar-refractivity contribution in [3.8, 4) is 0 Å². The fraction of sp³-hybridized carbons (Fsp3) is 0.556. The van der Waals surface area contributed by atoms with Gasteiger partial charge in [0.05, 0.1) is 27.9 Å². The van der Waals surface area contributed by atoms with E-state index in [9.17, 15) is 8.42 Å². The van der Waals surface area contributed by atoms with Gasteiger partial charge in [0.25, 0.3) is 0 Å². The van der Waals surface area contributed by atoms with Gasteiger partial charge in [-0.15, -0.1) is 11.3 Å². The number of aryl methyl sites for hydroxylation is 1. The van der Waals surface area contributed by atoms with Gasteiger partial charge in [0.2, 0.25) is 0 Å². The van der Waals surface area contributed by atoms with Gasteiger partial charge in [0.15, 0.2) is 9.84 Å². The molecule has 2 fully saturated rings. The van der Waals surface area contributed by atoms with Crippen LogP contribution in [-0.2, 0) is 29.3 Å². The van der Waals surface area contributed by atoms with E-state index in [0.717, 1.165) is 42.5 Å². The van der Waals surface area contributed by atoms with Crippen molar-refractivity contribution in [2.75, 3.05) is 24.6 Å². The van der Waals surface area contributed by atoms with Crippen molar-refractivity contribution in [1.29, 1.82) is 0 Å². The lowest BCUT2D eigenvalue weighted by molar-refractivity contribution is 0.0341. The fourth-order valence-electron chi connectivity index (χ4n) is 3.98. The Kier molecular flexibility index (Phi) is 5.09. The molecular weight excluding hydrogens is 368 g/mol. The molecule has 8 heteroatoms. The van der Waals surface area contributed by atoms with Crippen molar-refractivity contribution < 1.29 is 8.42 Å². The maximum absolute atomic E-state index is 12.4. The Morgan fingerprint density at radius 3 is 2.38 bits per heavy atom. The van der Waals surface area contributed by atoms with Crippen LogP contribution >= 0.6 is 11.3 Å². The Balaban J connectivity index is 1.51. The van der Waals surface area contributed by atoms with E-state index in [-0.39, 0.29) is 23.6 Å². The van der Waals surface area contributed by atoms with Gasteiger partial charge in [0, 0.05) is 49.8 Å². The zero-order chi connectivity index (χ0) is 18.1. The number of thiazole rings is 1. The Labute approximate surface area is 158 Å². The zero-order valence-electron chi connectivity index (χ0n) is 14.9. The van der Waals surface area contributed by atoms with Gasteiger partial charge < -0.3 is 0 Å². The molecule has 2 unspecified atom stereocenters. The summed E-state index contributed by atoms with van der Waals surface area (Å²) >= 11 is 1.69. The SMILES string of the molecule is CCc1nc(CN2CCN(Cc3ccccn3)C3CS(=O)(=O)CC32)cs1. The topological polar surface area (TPSA) is 66.4 Å². The average Bonchev–Trinajstić information content (AvgIpc) is 3.21. The summed E-state index contributed by atoms with van der Waals surface area (Å²) in [6.45, 7) is 5.28. The van der Waals surface area contributed by atoms with Crippen LogP contribution in [0.1, 0.15) is 23.3 Å². The average molecular weight is 393 g/mol. The number of sulfone groups is 1. The maximum atomic E-state index is 12.4. The minimum atomic E-state index is -3.00. The van der Waals surface area contributed by atoms with Gasteiger partial charge in [-0.1, -0.05) is 13.0 Å². The number of piperazine rings is 1. The Morgan fingerprint density at radius 2 is 1.81 bits per heavy atom.